The molecule has 4 nitrogen and oxygen atoms in total. The number of hydrogen-bond donors (Lipinski definition) is 3. The zero-order valence-corrected chi connectivity index (χ0v) is 7.10. The van der Waals surface area contributed by atoms with E-state index in [9.17, 15) is 4.79 Å². The third kappa shape index (κ3) is 2.05. The van der Waals surface area contributed by atoms with Gasteiger partial charge in [0, 0.05) is 5.56 Å². The summed E-state index contributed by atoms with van der Waals surface area (Å²) in [5.74, 6) is -0.528. The van der Waals surface area contributed by atoms with Crippen molar-refractivity contribution < 1.29 is 9.90 Å². The molecule has 4 heteroatoms. The molecule has 70 valence electrons. The van der Waals surface area contributed by atoms with Gasteiger partial charge in [-0.25, -0.2) is 0 Å². The number of nitrogens with two attached hydrogens (primary N) is 2. The molecule has 0 bridgehead atoms. The number of aliphatic hydroxyl groups excluding tert-OH is 1. The number of primary amides is 1. The quantitative estimate of drug-likeness (QED) is 0.600. The average molecular weight is 180 g/mol. The van der Waals surface area contributed by atoms with Gasteiger partial charge in [-0.3, -0.25) is 4.79 Å². The Kier molecular flexibility index (Phi) is 3.00. The van der Waals surface area contributed by atoms with E-state index in [0.717, 1.165) is 0 Å². The molecule has 0 aliphatic rings. The number of carbonyl (C=O) groups excluding carboxylic acids is 1. The summed E-state index contributed by atoms with van der Waals surface area (Å²) in [7, 11) is 0. The van der Waals surface area contributed by atoms with E-state index in [2.05, 4.69) is 0 Å². The third-order valence-corrected chi connectivity index (χ3v) is 1.82. The van der Waals surface area contributed by atoms with E-state index in [1.54, 1.807) is 24.3 Å². The molecule has 0 heterocycles. The second-order valence-electron chi connectivity index (χ2n) is 2.74. The first-order valence-electron chi connectivity index (χ1n) is 3.92. The lowest BCUT2D eigenvalue weighted by Crippen LogP contribution is -2.21. The first-order chi connectivity index (χ1) is 6.16. The fourth-order valence-electron chi connectivity index (χ4n) is 1.14. The lowest BCUT2D eigenvalue weighted by atomic mass is 10.0. The fourth-order valence-corrected chi connectivity index (χ4v) is 1.14. The molecular formula is C9H12N2O2. The summed E-state index contributed by atoms with van der Waals surface area (Å²) in [4.78, 5) is 10.9. The SMILES string of the molecule is NC(=O)c1ccccc1[C@H](N)CO. The normalized spacial score (nSPS) is 12.5. The van der Waals surface area contributed by atoms with Crippen LogP contribution in [0.2, 0.25) is 0 Å². The van der Waals surface area contributed by atoms with Crippen LogP contribution in [-0.4, -0.2) is 17.6 Å². The third-order valence-electron chi connectivity index (χ3n) is 1.82. The molecule has 0 radical (unpaired) electrons. The summed E-state index contributed by atoms with van der Waals surface area (Å²) in [5.41, 5.74) is 11.7. The van der Waals surface area contributed by atoms with Gasteiger partial charge in [-0.1, -0.05) is 18.2 Å². The fraction of sp³-hybridized carbons (Fsp3) is 0.222. The van der Waals surface area contributed by atoms with Crippen molar-refractivity contribution >= 4 is 5.91 Å². The number of aliphatic hydroxyl groups is 1. The summed E-state index contributed by atoms with van der Waals surface area (Å²) in [6.45, 7) is -0.204. The first-order valence-corrected chi connectivity index (χ1v) is 3.92. The van der Waals surface area contributed by atoms with Gasteiger partial charge in [0.2, 0.25) is 5.91 Å². The Hall–Kier alpha value is -1.39. The van der Waals surface area contributed by atoms with E-state index in [1.807, 2.05) is 0 Å². The van der Waals surface area contributed by atoms with Crippen LogP contribution in [0.5, 0.6) is 0 Å². The highest BCUT2D eigenvalue weighted by Crippen LogP contribution is 2.14. The van der Waals surface area contributed by atoms with Gasteiger partial charge in [0.05, 0.1) is 12.6 Å². The maximum absolute atomic E-state index is 10.9. The highest BCUT2D eigenvalue weighted by atomic mass is 16.3. The number of benzene rings is 1. The molecular weight excluding hydrogens is 168 g/mol. The molecule has 0 unspecified atom stereocenters. The molecule has 1 amide bonds. The van der Waals surface area contributed by atoms with Gasteiger partial charge in [-0.2, -0.15) is 0 Å². The maximum atomic E-state index is 10.9. The summed E-state index contributed by atoms with van der Waals surface area (Å²) >= 11 is 0. The Bertz CT molecular complexity index is 312. The molecule has 13 heavy (non-hydrogen) atoms. The van der Waals surface area contributed by atoms with Crippen molar-refractivity contribution in [2.45, 2.75) is 6.04 Å². The Balaban J connectivity index is 3.11. The lowest BCUT2D eigenvalue weighted by Gasteiger charge is -2.11. The monoisotopic (exact) mass is 180 g/mol. The molecule has 5 N–H and O–H groups in total. The topological polar surface area (TPSA) is 89.3 Å². The van der Waals surface area contributed by atoms with Gasteiger partial charge in [0.25, 0.3) is 0 Å². The summed E-state index contributed by atoms with van der Waals surface area (Å²) < 4.78 is 0. The summed E-state index contributed by atoms with van der Waals surface area (Å²) in [6, 6.07) is 6.17. The predicted octanol–water partition coefficient (Wildman–Crippen LogP) is -0.222. The van der Waals surface area contributed by atoms with Crippen LogP contribution in [0.25, 0.3) is 0 Å². The van der Waals surface area contributed by atoms with Crippen molar-refractivity contribution in [3.63, 3.8) is 0 Å². The molecule has 0 fully saturated rings. The standard InChI is InChI=1S/C9H12N2O2/c10-8(5-12)6-3-1-2-4-7(6)9(11)13/h1-4,8,12H,5,10H2,(H2,11,13)/t8-/m1/s1. The zero-order valence-electron chi connectivity index (χ0n) is 7.10. The summed E-state index contributed by atoms with van der Waals surface area (Å²) in [6.07, 6.45) is 0. The highest BCUT2D eigenvalue weighted by molar-refractivity contribution is 5.94. The largest absolute Gasteiger partial charge is 0.394 e. The minimum Gasteiger partial charge on any atom is -0.394 e. The lowest BCUT2D eigenvalue weighted by molar-refractivity contribution is 0.0998. The van der Waals surface area contributed by atoms with Crippen LogP contribution in [0.4, 0.5) is 0 Å². The van der Waals surface area contributed by atoms with Gasteiger partial charge < -0.3 is 16.6 Å². The second kappa shape index (κ2) is 4.02. The first kappa shape index (κ1) is 9.70. The van der Waals surface area contributed by atoms with E-state index in [4.69, 9.17) is 16.6 Å². The van der Waals surface area contributed by atoms with Crippen LogP contribution in [0.15, 0.2) is 24.3 Å². The molecule has 1 aromatic rings. The average Bonchev–Trinajstić information content (AvgIpc) is 2.16. The van der Waals surface area contributed by atoms with Crippen LogP contribution in [0.3, 0.4) is 0 Å². The molecule has 0 saturated heterocycles. The van der Waals surface area contributed by atoms with Crippen LogP contribution in [0, 0.1) is 0 Å². The van der Waals surface area contributed by atoms with Gasteiger partial charge in [-0.15, -0.1) is 0 Å². The van der Waals surface area contributed by atoms with Crippen molar-refractivity contribution in [3.05, 3.63) is 35.4 Å². The van der Waals surface area contributed by atoms with Crippen molar-refractivity contribution in [1.29, 1.82) is 0 Å². The second-order valence-corrected chi connectivity index (χ2v) is 2.74. The van der Waals surface area contributed by atoms with Crippen LogP contribution < -0.4 is 11.5 Å². The number of hydrogen-bond acceptors (Lipinski definition) is 3. The molecule has 0 aromatic heterocycles. The molecule has 1 aromatic carbocycles. The molecule has 1 atom stereocenters. The van der Waals surface area contributed by atoms with E-state index in [-0.39, 0.29) is 6.61 Å². The van der Waals surface area contributed by atoms with Crippen LogP contribution >= 0.6 is 0 Å². The Morgan fingerprint density at radius 2 is 2.08 bits per heavy atom. The molecule has 1 rings (SSSR count). The van der Waals surface area contributed by atoms with Crippen molar-refractivity contribution in [2.75, 3.05) is 6.61 Å². The van der Waals surface area contributed by atoms with Gasteiger partial charge in [0.1, 0.15) is 0 Å². The smallest absolute Gasteiger partial charge is 0.249 e. The Morgan fingerprint density at radius 3 is 2.62 bits per heavy atom. The highest BCUT2D eigenvalue weighted by Gasteiger charge is 2.12. The minimum atomic E-state index is -0.552. The van der Waals surface area contributed by atoms with E-state index < -0.39 is 11.9 Å². The van der Waals surface area contributed by atoms with Crippen LogP contribution in [0.1, 0.15) is 22.0 Å². The van der Waals surface area contributed by atoms with Crippen LogP contribution in [-0.2, 0) is 0 Å². The van der Waals surface area contributed by atoms with Gasteiger partial charge in [0.15, 0.2) is 0 Å². The van der Waals surface area contributed by atoms with Crippen molar-refractivity contribution in [2.24, 2.45) is 11.5 Å². The van der Waals surface area contributed by atoms with Crippen molar-refractivity contribution in [3.8, 4) is 0 Å². The molecule has 0 saturated carbocycles. The van der Waals surface area contributed by atoms with E-state index in [0.29, 0.717) is 11.1 Å². The molecule has 0 aliphatic carbocycles. The molecule has 0 aliphatic heterocycles. The summed E-state index contributed by atoms with van der Waals surface area (Å²) in [5, 5.41) is 8.82. The van der Waals surface area contributed by atoms with Gasteiger partial charge in [-0.05, 0) is 11.6 Å². The van der Waals surface area contributed by atoms with E-state index in [1.165, 1.54) is 0 Å². The number of rotatable bonds is 3. The predicted molar refractivity (Wildman–Crippen MR) is 49.0 cm³/mol. The van der Waals surface area contributed by atoms with Gasteiger partial charge >= 0.3 is 0 Å². The number of carbonyl (C=O) groups is 1. The van der Waals surface area contributed by atoms with E-state index >= 15 is 0 Å². The zero-order chi connectivity index (χ0) is 9.84. The Morgan fingerprint density at radius 1 is 1.46 bits per heavy atom. The Labute approximate surface area is 76.2 Å². The number of amides is 1. The maximum Gasteiger partial charge on any atom is 0.249 e. The molecule has 0 spiro atoms. The van der Waals surface area contributed by atoms with Crippen molar-refractivity contribution in [1.82, 2.24) is 0 Å². The minimum absolute atomic E-state index is 0.204.